The first kappa shape index (κ1) is 21.9. The molecule has 0 atom stereocenters. The standard InChI is InChI=1S/C17H37NO3S/c1-5-7-8-9-10-11-12-13-17(3,4)14-15-18-22(19,20)21-16-6-2/h18H,5-16H2,1-4H3. The molecule has 0 bridgehead atoms. The van der Waals surface area contributed by atoms with Crippen LogP contribution in [-0.2, 0) is 14.5 Å². The van der Waals surface area contributed by atoms with Gasteiger partial charge < -0.3 is 0 Å². The second kappa shape index (κ2) is 12.3. The molecule has 134 valence electrons. The molecule has 0 heterocycles. The van der Waals surface area contributed by atoms with Crippen LogP contribution in [0.1, 0.15) is 91.9 Å². The summed E-state index contributed by atoms with van der Waals surface area (Å²) in [5, 5.41) is 0. The largest absolute Gasteiger partial charge is 0.335 e. The number of hydrogen-bond donors (Lipinski definition) is 1. The summed E-state index contributed by atoms with van der Waals surface area (Å²) in [6, 6.07) is 0. The van der Waals surface area contributed by atoms with Gasteiger partial charge in [0, 0.05) is 6.54 Å². The monoisotopic (exact) mass is 335 g/mol. The molecule has 22 heavy (non-hydrogen) atoms. The molecule has 0 aliphatic carbocycles. The average Bonchev–Trinajstić information content (AvgIpc) is 2.43. The van der Waals surface area contributed by atoms with Crippen molar-refractivity contribution >= 4 is 10.3 Å². The van der Waals surface area contributed by atoms with Crippen molar-refractivity contribution in [2.24, 2.45) is 5.41 Å². The van der Waals surface area contributed by atoms with E-state index >= 15 is 0 Å². The normalized spacial score (nSPS) is 12.7. The molecule has 0 saturated carbocycles. The SMILES string of the molecule is CCCCCCCCCC(C)(C)CCNS(=O)(=O)OCCC. The van der Waals surface area contributed by atoms with Gasteiger partial charge in [-0.25, -0.2) is 0 Å². The van der Waals surface area contributed by atoms with Gasteiger partial charge in [-0.1, -0.05) is 72.6 Å². The van der Waals surface area contributed by atoms with Gasteiger partial charge in [0.15, 0.2) is 0 Å². The van der Waals surface area contributed by atoms with Gasteiger partial charge in [-0.15, -0.1) is 0 Å². The zero-order valence-corrected chi connectivity index (χ0v) is 15.9. The Balaban J connectivity index is 3.72. The van der Waals surface area contributed by atoms with Crippen LogP contribution in [0.25, 0.3) is 0 Å². The quantitative estimate of drug-likeness (QED) is 0.437. The van der Waals surface area contributed by atoms with Crippen LogP contribution in [0, 0.1) is 5.41 Å². The Morgan fingerprint density at radius 2 is 1.45 bits per heavy atom. The molecule has 0 aromatic heterocycles. The summed E-state index contributed by atoms with van der Waals surface area (Å²) < 4.78 is 30.4. The predicted molar refractivity (Wildman–Crippen MR) is 94.2 cm³/mol. The summed E-state index contributed by atoms with van der Waals surface area (Å²) in [6.45, 7) is 9.26. The minimum atomic E-state index is -3.55. The van der Waals surface area contributed by atoms with E-state index in [-0.39, 0.29) is 12.0 Å². The minimum absolute atomic E-state index is 0.177. The molecule has 4 nitrogen and oxygen atoms in total. The van der Waals surface area contributed by atoms with E-state index in [4.69, 9.17) is 4.18 Å². The van der Waals surface area contributed by atoms with Crippen molar-refractivity contribution in [1.82, 2.24) is 4.72 Å². The molecule has 0 aromatic rings. The summed E-state index contributed by atoms with van der Waals surface area (Å²) in [7, 11) is -3.55. The van der Waals surface area contributed by atoms with E-state index in [1.54, 1.807) is 0 Å². The molecule has 0 saturated heterocycles. The van der Waals surface area contributed by atoms with Crippen LogP contribution < -0.4 is 4.72 Å². The lowest BCUT2D eigenvalue weighted by atomic mass is 9.83. The maximum atomic E-state index is 11.5. The highest BCUT2D eigenvalue weighted by Gasteiger charge is 2.18. The molecule has 0 spiro atoms. The van der Waals surface area contributed by atoms with Gasteiger partial charge in [0.2, 0.25) is 0 Å². The Morgan fingerprint density at radius 1 is 0.864 bits per heavy atom. The second-order valence-corrected chi connectivity index (χ2v) is 8.39. The lowest BCUT2D eigenvalue weighted by molar-refractivity contribution is 0.285. The van der Waals surface area contributed by atoms with Crippen molar-refractivity contribution in [1.29, 1.82) is 0 Å². The van der Waals surface area contributed by atoms with Crippen LogP contribution in [0.3, 0.4) is 0 Å². The fourth-order valence-electron chi connectivity index (χ4n) is 2.43. The molecule has 0 fully saturated rings. The molecule has 0 unspecified atom stereocenters. The topological polar surface area (TPSA) is 55.4 Å². The lowest BCUT2D eigenvalue weighted by Crippen LogP contribution is -2.30. The zero-order chi connectivity index (χ0) is 16.9. The highest BCUT2D eigenvalue weighted by atomic mass is 32.2. The maximum Gasteiger partial charge on any atom is 0.335 e. The van der Waals surface area contributed by atoms with E-state index in [1.165, 1.54) is 44.9 Å². The van der Waals surface area contributed by atoms with E-state index in [0.717, 1.165) is 12.8 Å². The summed E-state index contributed by atoms with van der Waals surface area (Å²) in [5.74, 6) is 0. The van der Waals surface area contributed by atoms with Gasteiger partial charge in [-0.2, -0.15) is 13.1 Å². The Kier molecular flexibility index (Phi) is 12.2. The molecular weight excluding hydrogens is 298 g/mol. The molecule has 0 aliphatic heterocycles. The highest BCUT2D eigenvalue weighted by molar-refractivity contribution is 7.84. The molecule has 5 heteroatoms. The fourth-order valence-corrected chi connectivity index (χ4v) is 3.26. The third-order valence-electron chi connectivity index (χ3n) is 3.98. The fraction of sp³-hybridized carbons (Fsp3) is 1.00. The van der Waals surface area contributed by atoms with Crippen molar-refractivity contribution in [3.05, 3.63) is 0 Å². The van der Waals surface area contributed by atoms with E-state index in [1.807, 2.05) is 6.92 Å². The lowest BCUT2D eigenvalue weighted by Gasteiger charge is -2.24. The minimum Gasteiger partial charge on any atom is -0.258 e. The Morgan fingerprint density at radius 3 is 2.05 bits per heavy atom. The van der Waals surface area contributed by atoms with Crippen LogP contribution in [0.4, 0.5) is 0 Å². The van der Waals surface area contributed by atoms with Crippen molar-refractivity contribution in [2.75, 3.05) is 13.2 Å². The molecule has 0 radical (unpaired) electrons. The van der Waals surface area contributed by atoms with E-state index in [0.29, 0.717) is 13.0 Å². The van der Waals surface area contributed by atoms with Crippen molar-refractivity contribution in [3.63, 3.8) is 0 Å². The molecule has 0 rings (SSSR count). The van der Waals surface area contributed by atoms with E-state index < -0.39 is 10.3 Å². The smallest absolute Gasteiger partial charge is 0.258 e. The van der Waals surface area contributed by atoms with Crippen molar-refractivity contribution in [2.45, 2.75) is 91.9 Å². The van der Waals surface area contributed by atoms with Gasteiger partial charge in [-0.05, 0) is 24.7 Å². The van der Waals surface area contributed by atoms with E-state index in [9.17, 15) is 8.42 Å². The zero-order valence-electron chi connectivity index (χ0n) is 15.1. The molecule has 0 aromatic carbocycles. The first-order chi connectivity index (χ1) is 10.3. The van der Waals surface area contributed by atoms with Gasteiger partial charge in [-0.3, -0.25) is 4.18 Å². The Labute approximate surface area is 138 Å². The third kappa shape index (κ3) is 13.5. The van der Waals surface area contributed by atoms with Crippen LogP contribution in [0.5, 0.6) is 0 Å². The van der Waals surface area contributed by atoms with Gasteiger partial charge >= 0.3 is 10.3 Å². The predicted octanol–water partition coefficient (Wildman–Crippen LogP) is 4.80. The molecule has 0 amide bonds. The number of rotatable bonds is 15. The number of hydrogen-bond acceptors (Lipinski definition) is 3. The molecule has 1 N–H and O–H groups in total. The first-order valence-corrected chi connectivity index (χ1v) is 10.4. The van der Waals surface area contributed by atoms with Crippen LogP contribution in [0.2, 0.25) is 0 Å². The Bertz CT molecular complexity index is 353. The summed E-state index contributed by atoms with van der Waals surface area (Å²) >= 11 is 0. The van der Waals surface area contributed by atoms with Crippen LogP contribution in [0.15, 0.2) is 0 Å². The van der Waals surface area contributed by atoms with Crippen molar-refractivity contribution in [3.8, 4) is 0 Å². The third-order valence-corrected chi connectivity index (χ3v) is 5.01. The molecular formula is C17H37NO3S. The maximum absolute atomic E-state index is 11.5. The van der Waals surface area contributed by atoms with Gasteiger partial charge in [0.05, 0.1) is 6.61 Å². The van der Waals surface area contributed by atoms with Gasteiger partial charge in [0.1, 0.15) is 0 Å². The second-order valence-electron chi connectivity index (χ2n) is 6.96. The number of nitrogens with one attached hydrogen (secondary N) is 1. The van der Waals surface area contributed by atoms with Gasteiger partial charge in [0.25, 0.3) is 0 Å². The highest BCUT2D eigenvalue weighted by Crippen LogP contribution is 2.27. The van der Waals surface area contributed by atoms with Crippen LogP contribution in [-0.4, -0.2) is 21.6 Å². The first-order valence-electron chi connectivity index (χ1n) is 8.97. The summed E-state index contributed by atoms with van der Waals surface area (Å²) in [5.41, 5.74) is 0.177. The average molecular weight is 336 g/mol. The van der Waals surface area contributed by atoms with Crippen LogP contribution >= 0.6 is 0 Å². The van der Waals surface area contributed by atoms with E-state index in [2.05, 4.69) is 25.5 Å². The number of unbranched alkanes of at least 4 members (excludes halogenated alkanes) is 6. The van der Waals surface area contributed by atoms with Crippen molar-refractivity contribution < 1.29 is 12.6 Å². The Hall–Kier alpha value is -0.130. The molecule has 0 aliphatic rings. The summed E-state index contributed by atoms with van der Waals surface area (Å²) in [6.07, 6.45) is 11.9. The summed E-state index contributed by atoms with van der Waals surface area (Å²) in [4.78, 5) is 0.